The van der Waals surface area contributed by atoms with Crippen LogP contribution in [0.4, 0.5) is 0 Å². The van der Waals surface area contributed by atoms with Gasteiger partial charge >= 0.3 is 0 Å². The molecule has 1 aromatic rings. The standard InChI is InChI=1S/C14H20O3/c1-5-10(6-2)14(15)12-9-11(16-3)7-8-13(12)17-4/h7-10H,5-6H2,1-4H3. The maximum Gasteiger partial charge on any atom is 0.169 e. The van der Waals surface area contributed by atoms with E-state index in [2.05, 4.69) is 0 Å². The molecule has 0 aliphatic heterocycles. The summed E-state index contributed by atoms with van der Waals surface area (Å²) < 4.78 is 10.4. The SMILES string of the molecule is CCC(CC)C(=O)c1cc(OC)ccc1OC. The maximum absolute atomic E-state index is 12.3. The lowest BCUT2D eigenvalue weighted by Crippen LogP contribution is -2.14. The summed E-state index contributed by atoms with van der Waals surface area (Å²) in [5.41, 5.74) is 0.612. The zero-order valence-electron chi connectivity index (χ0n) is 10.9. The Morgan fingerprint density at radius 3 is 2.29 bits per heavy atom. The van der Waals surface area contributed by atoms with E-state index in [-0.39, 0.29) is 11.7 Å². The molecule has 0 amide bonds. The summed E-state index contributed by atoms with van der Waals surface area (Å²) >= 11 is 0. The van der Waals surface area contributed by atoms with Gasteiger partial charge in [0.25, 0.3) is 0 Å². The van der Waals surface area contributed by atoms with Crippen LogP contribution < -0.4 is 9.47 Å². The molecule has 1 aromatic carbocycles. The molecule has 0 saturated carbocycles. The van der Waals surface area contributed by atoms with Crippen LogP contribution >= 0.6 is 0 Å². The summed E-state index contributed by atoms with van der Waals surface area (Å²) in [4.78, 5) is 12.3. The monoisotopic (exact) mass is 236 g/mol. The average molecular weight is 236 g/mol. The Labute approximate surface area is 103 Å². The minimum absolute atomic E-state index is 0.0519. The molecule has 94 valence electrons. The van der Waals surface area contributed by atoms with Gasteiger partial charge in [0, 0.05) is 5.92 Å². The molecule has 0 aliphatic rings. The summed E-state index contributed by atoms with van der Waals surface area (Å²) in [5, 5.41) is 0. The van der Waals surface area contributed by atoms with Crippen LogP contribution in [-0.2, 0) is 0 Å². The number of hydrogen-bond acceptors (Lipinski definition) is 3. The minimum atomic E-state index is 0.0519. The van der Waals surface area contributed by atoms with E-state index in [0.29, 0.717) is 17.1 Å². The summed E-state index contributed by atoms with van der Waals surface area (Å²) in [7, 11) is 3.17. The molecule has 3 heteroatoms. The lowest BCUT2D eigenvalue weighted by atomic mass is 9.92. The Bertz CT molecular complexity index is 381. The summed E-state index contributed by atoms with van der Waals surface area (Å²) in [6.07, 6.45) is 1.69. The van der Waals surface area contributed by atoms with Gasteiger partial charge in [0.15, 0.2) is 5.78 Å². The van der Waals surface area contributed by atoms with Crippen LogP contribution in [0.2, 0.25) is 0 Å². The second-order valence-electron chi connectivity index (χ2n) is 3.94. The van der Waals surface area contributed by atoms with Gasteiger partial charge in [0.2, 0.25) is 0 Å². The molecule has 0 saturated heterocycles. The second-order valence-corrected chi connectivity index (χ2v) is 3.94. The van der Waals surface area contributed by atoms with Crippen molar-refractivity contribution in [2.45, 2.75) is 26.7 Å². The molecule has 0 atom stereocenters. The van der Waals surface area contributed by atoms with E-state index < -0.39 is 0 Å². The quantitative estimate of drug-likeness (QED) is 0.711. The molecule has 0 bridgehead atoms. The Hall–Kier alpha value is -1.51. The van der Waals surface area contributed by atoms with Gasteiger partial charge in [-0.25, -0.2) is 0 Å². The van der Waals surface area contributed by atoms with Crippen molar-refractivity contribution in [1.29, 1.82) is 0 Å². The molecule has 1 rings (SSSR count). The zero-order chi connectivity index (χ0) is 12.8. The number of Topliss-reactive ketones (excluding diaryl/α,β-unsaturated/α-hetero) is 1. The number of rotatable bonds is 6. The second kappa shape index (κ2) is 6.28. The van der Waals surface area contributed by atoms with Gasteiger partial charge in [-0.2, -0.15) is 0 Å². The van der Waals surface area contributed by atoms with E-state index in [0.717, 1.165) is 12.8 Å². The average Bonchev–Trinajstić information content (AvgIpc) is 2.39. The molecule has 0 spiro atoms. The fourth-order valence-corrected chi connectivity index (χ4v) is 1.89. The van der Waals surface area contributed by atoms with Crippen LogP contribution in [0.5, 0.6) is 11.5 Å². The molecule has 0 aromatic heterocycles. The minimum Gasteiger partial charge on any atom is -0.497 e. The van der Waals surface area contributed by atoms with Gasteiger partial charge in [-0.05, 0) is 31.0 Å². The number of hydrogen-bond donors (Lipinski definition) is 0. The highest BCUT2D eigenvalue weighted by atomic mass is 16.5. The fraction of sp³-hybridized carbons (Fsp3) is 0.500. The number of ether oxygens (including phenoxy) is 2. The van der Waals surface area contributed by atoms with E-state index in [1.165, 1.54) is 0 Å². The first-order chi connectivity index (χ1) is 8.17. The molecule has 0 aliphatic carbocycles. The van der Waals surface area contributed by atoms with Crippen molar-refractivity contribution in [1.82, 2.24) is 0 Å². The molecule has 0 N–H and O–H groups in total. The first-order valence-electron chi connectivity index (χ1n) is 5.94. The maximum atomic E-state index is 12.3. The van der Waals surface area contributed by atoms with Gasteiger partial charge in [0.1, 0.15) is 11.5 Å². The number of methoxy groups -OCH3 is 2. The van der Waals surface area contributed by atoms with Crippen molar-refractivity contribution in [2.24, 2.45) is 5.92 Å². The smallest absolute Gasteiger partial charge is 0.169 e. The Morgan fingerprint density at radius 1 is 1.18 bits per heavy atom. The largest absolute Gasteiger partial charge is 0.497 e. The third-order valence-corrected chi connectivity index (χ3v) is 3.03. The van der Waals surface area contributed by atoms with Crippen LogP contribution in [0.1, 0.15) is 37.0 Å². The first-order valence-corrected chi connectivity index (χ1v) is 5.94. The summed E-state index contributed by atoms with van der Waals surface area (Å²) in [6.45, 7) is 4.05. The molecular formula is C14H20O3. The number of carbonyl (C=O) groups is 1. The van der Waals surface area contributed by atoms with E-state index in [1.54, 1.807) is 32.4 Å². The molecule has 0 unspecified atom stereocenters. The van der Waals surface area contributed by atoms with Crippen LogP contribution in [-0.4, -0.2) is 20.0 Å². The molecule has 17 heavy (non-hydrogen) atoms. The predicted octanol–water partition coefficient (Wildman–Crippen LogP) is 3.32. The Morgan fingerprint density at radius 2 is 1.82 bits per heavy atom. The van der Waals surface area contributed by atoms with Crippen molar-refractivity contribution in [2.75, 3.05) is 14.2 Å². The van der Waals surface area contributed by atoms with E-state index >= 15 is 0 Å². The van der Waals surface area contributed by atoms with Crippen molar-refractivity contribution >= 4 is 5.78 Å². The highest BCUT2D eigenvalue weighted by Crippen LogP contribution is 2.28. The highest BCUT2D eigenvalue weighted by molar-refractivity contribution is 6.00. The van der Waals surface area contributed by atoms with Gasteiger partial charge in [0.05, 0.1) is 19.8 Å². The van der Waals surface area contributed by atoms with Gasteiger partial charge in [-0.15, -0.1) is 0 Å². The lowest BCUT2D eigenvalue weighted by molar-refractivity contribution is 0.0910. The molecular weight excluding hydrogens is 216 g/mol. The van der Waals surface area contributed by atoms with E-state index in [4.69, 9.17) is 9.47 Å². The summed E-state index contributed by atoms with van der Waals surface area (Å²) in [5.74, 6) is 1.48. The molecule has 3 nitrogen and oxygen atoms in total. The predicted molar refractivity (Wildman–Crippen MR) is 67.9 cm³/mol. The van der Waals surface area contributed by atoms with Crippen molar-refractivity contribution in [3.63, 3.8) is 0 Å². The van der Waals surface area contributed by atoms with Gasteiger partial charge in [-0.3, -0.25) is 4.79 Å². The molecule has 0 radical (unpaired) electrons. The van der Waals surface area contributed by atoms with Crippen LogP contribution in [0.3, 0.4) is 0 Å². The van der Waals surface area contributed by atoms with Gasteiger partial charge < -0.3 is 9.47 Å². The lowest BCUT2D eigenvalue weighted by Gasteiger charge is -2.14. The third kappa shape index (κ3) is 2.99. The number of ketones is 1. The number of carbonyl (C=O) groups excluding carboxylic acids is 1. The summed E-state index contributed by atoms with van der Waals surface area (Å²) in [6, 6.07) is 5.32. The fourth-order valence-electron chi connectivity index (χ4n) is 1.89. The Kier molecular flexibility index (Phi) is 5.01. The molecule has 0 fully saturated rings. The first kappa shape index (κ1) is 13.6. The normalized spacial score (nSPS) is 10.4. The zero-order valence-corrected chi connectivity index (χ0v) is 10.9. The number of benzene rings is 1. The van der Waals surface area contributed by atoms with Crippen LogP contribution in [0, 0.1) is 5.92 Å². The van der Waals surface area contributed by atoms with Crippen molar-refractivity contribution < 1.29 is 14.3 Å². The Balaban J connectivity index is 3.13. The third-order valence-electron chi connectivity index (χ3n) is 3.03. The molecule has 0 heterocycles. The van der Waals surface area contributed by atoms with E-state index in [1.807, 2.05) is 13.8 Å². The van der Waals surface area contributed by atoms with Crippen molar-refractivity contribution in [3.05, 3.63) is 23.8 Å². The van der Waals surface area contributed by atoms with Crippen LogP contribution in [0.15, 0.2) is 18.2 Å². The van der Waals surface area contributed by atoms with E-state index in [9.17, 15) is 4.79 Å². The van der Waals surface area contributed by atoms with Gasteiger partial charge in [-0.1, -0.05) is 13.8 Å². The van der Waals surface area contributed by atoms with Crippen molar-refractivity contribution in [3.8, 4) is 11.5 Å². The highest BCUT2D eigenvalue weighted by Gasteiger charge is 2.20. The van der Waals surface area contributed by atoms with Crippen LogP contribution in [0.25, 0.3) is 0 Å². The topological polar surface area (TPSA) is 35.5 Å².